The van der Waals surface area contributed by atoms with Crippen LogP contribution in [0.3, 0.4) is 0 Å². The van der Waals surface area contributed by atoms with E-state index in [1.807, 2.05) is 23.3 Å². The fourth-order valence-electron chi connectivity index (χ4n) is 2.88. The van der Waals surface area contributed by atoms with Crippen LogP contribution in [-0.2, 0) is 17.8 Å². The summed E-state index contributed by atoms with van der Waals surface area (Å²) in [5, 5.41) is 6.87. The average Bonchev–Trinajstić information content (AvgIpc) is 3.21. The van der Waals surface area contributed by atoms with Crippen LogP contribution < -0.4 is 5.32 Å². The Kier molecular flexibility index (Phi) is 5.73. The third-order valence-corrected chi connectivity index (χ3v) is 6.98. The topological polar surface area (TPSA) is 49.4 Å². The van der Waals surface area contributed by atoms with Crippen LogP contribution in [0.25, 0.3) is 0 Å². The van der Waals surface area contributed by atoms with Crippen molar-refractivity contribution in [1.29, 1.82) is 0 Å². The highest BCUT2D eigenvalue weighted by Gasteiger charge is 2.29. The molecule has 0 radical (unpaired) electrons. The maximum atomic E-state index is 12.9. The van der Waals surface area contributed by atoms with E-state index in [9.17, 15) is 9.59 Å². The first-order valence-electron chi connectivity index (χ1n) is 7.98. The monoisotopic (exact) mass is 426 g/mol. The Morgan fingerprint density at radius 3 is 2.83 bits per heavy atom. The smallest absolute Gasteiger partial charge is 0.263 e. The summed E-state index contributed by atoms with van der Waals surface area (Å²) < 4.78 is 0.772. The van der Waals surface area contributed by atoms with Crippen molar-refractivity contribution in [2.75, 3.05) is 6.54 Å². The Labute approximate surface area is 158 Å². The van der Waals surface area contributed by atoms with E-state index < -0.39 is 6.04 Å². The summed E-state index contributed by atoms with van der Waals surface area (Å²) in [7, 11) is 0. The molecule has 24 heavy (non-hydrogen) atoms. The number of hydrogen-bond donors (Lipinski definition) is 1. The molecule has 0 spiro atoms. The predicted molar refractivity (Wildman–Crippen MR) is 102 cm³/mol. The molecule has 128 valence electrons. The van der Waals surface area contributed by atoms with Crippen molar-refractivity contribution >= 4 is 50.4 Å². The second-order valence-corrected chi connectivity index (χ2v) is 8.56. The van der Waals surface area contributed by atoms with Crippen molar-refractivity contribution in [3.05, 3.63) is 42.7 Å². The maximum Gasteiger partial charge on any atom is 0.263 e. The lowest BCUT2D eigenvalue weighted by Gasteiger charge is -2.30. The van der Waals surface area contributed by atoms with Crippen molar-refractivity contribution in [3.63, 3.8) is 0 Å². The number of fused-ring (bicyclic) bond motifs is 1. The highest BCUT2D eigenvalue weighted by Crippen LogP contribution is 2.25. The second-order valence-electron chi connectivity index (χ2n) is 5.79. The normalized spacial score (nSPS) is 15.0. The van der Waals surface area contributed by atoms with Gasteiger partial charge >= 0.3 is 0 Å². The van der Waals surface area contributed by atoms with Crippen molar-refractivity contribution in [2.24, 2.45) is 0 Å². The zero-order chi connectivity index (χ0) is 17.1. The highest BCUT2D eigenvalue weighted by atomic mass is 79.9. The minimum absolute atomic E-state index is 0.0229. The van der Waals surface area contributed by atoms with Gasteiger partial charge in [0, 0.05) is 22.4 Å². The number of nitrogens with zero attached hydrogens (tertiary/aromatic N) is 1. The van der Waals surface area contributed by atoms with Gasteiger partial charge in [0.1, 0.15) is 10.9 Å². The molecule has 0 fully saturated rings. The molecule has 1 aliphatic rings. The number of thiophene rings is 2. The van der Waals surface area contributed by atoms with Gasteiger partial charge in [-0.15, -0.1) is 22.7 Å². The molecule has 3 rings (SSSR count). The van der Waals surface area contributed by atoms with Gasteiger partial charge in [-0.1, -0.05) is 13.3 Å². The number of nitrogens with one attached hydrogen (secondary N) is 1. The first-order valence-corrected chi connectivity index (χ1v) is 10.5. The van der Waals surface area contributed by atoms with Crippen molar-refractivity contribution < 1.29 is 9.59 Å². The Balaban J connectivity index is 1.70. The number of halogens is 1. The molecule has 0 bridgehead atoms. The summed E-state index contributed by atoms with van der Waals surface area (Å²) in [4.78, 5) is 29.2. The van der Waals surface area contributed by atoms with Gasteiger partial charge in [0.05, 0.1) is 0 Å². The number of amides is 2. The molecule has 0 aromatic carbocycles. The van der Waals surface area contributed by atoms with E-state index in [-0.39, 0.29) is 11.8 Å². The van der Waals surface area contributed by atoms with Gasteiger partial charge in [-0.25, -0.2) is 0 Å². The molecule has 2 amide bonds. The molecule has 2 aromatic rings. The molecule has 3 heterocycles. The van der Waals surface area contributed by atoms with E-state index in [1.165, 1.54) is 21.8 Å². The molecule has 0 aliphatic carbocycles. The third-order valence-electron chi connectivity index (χ3n) is 4.12. The molecule has 1 N–H and O–H groups in total. The van der Waals surface area contributed by atoms with Crippen LogP contribution in [0, 0.1) is 0 Å². The number of carbonyl (C=O) groups excluding carboxylic acids is 2. The van der Waals surface area contributed by atoms with Gasteiger partial charge in [0.25, 0.3) is 5.91 Å². The van der Waals surface area contributed by atoms with E-state index in [0.717, 1.165) is 23.9 Å². The zero-order valence-electron chi connectivity index (χ0n) is 13.4. The molecule has 1 unspecified atom stereocenters. The number of carbonyl (C=O) groups is 2. The van der Waals surface area contributed by atoms with Crippen LogP contribution in [0.1, 0.15) is 39.9 Å². The highest BCUT2D eigenvalue weighted by molar-refractivity contribution is 9.10. The summed E-state index contributed by atoms with van der Waals surface area (Å²) in [6, 6.07) is 3.48. The van der Waals surface area contributed by atoms with Crippen molar-refractivity contribution in [2.45, 2.75) is 38.8 Å². The van der Waals surface area contributed by atoms with Crippen LogP contribution in [-0.4, -0.2) is 29.3 Å². The minimum Gasteiger partial charge on any atom is -0.340 e. The van der Waals surface area contributed by atoms with Crippen LogP contribution in [0.5, 0.6) is 0 Å². The summed E-state index contributed by atoms with van der Waals surface area (Å²) >= 11 is 6.51. The first kappa shape index (κ1) is 17.6. The fourth-order valence-corrected chi connectivity index (χ4v) is 5.23. The van der Waals surface area contributed by atoms with Gasteiger partial charge in [-0.2, -0.15) is 0 Å². The standard InChI is InChI=1S/C17H19BrN2O2S2/c1-2-3-13(19-16(21)15-12(18)6-9-24-15)17(22)20-7-4-14-11(10-20)5-8-23-14/h5-6,8-9,13H,2-4,7,10H2,1H3,(H,19,21). The van der Waals surface area contributed by atoms with Crippen LogP contribution in [0.4, 0.5) is 0 Å². The zero-order valence-corrected chi connectivity index (χ0v) is 16.6. The Morgan fingerprint density at radius 1 is 1.33 bits per heavy atom. The fraction of sp³-hybridized carbons (Fsp3) is 0.412. The van der Waals surface area contributed by atoms with E-state index in [2.05, 4.69) is 32.7 Å². The second kappa shape index (κ2) is 7.80. The van der Waals surface area contributed by atoms with Crippen molar-refractivity contribution in [3.8, 4) is 0 Å². The lowest BCUT2D eigenvalue weighted by Crippen LogP contribution is -2.49. The van der Waals surface area contributed by atoms with E-state index >= 15 is 0 Å². The average molecular weight is 427 g/mol. The largest absolute Gasteiger partial charge is 0.340 e. The van der Waals surface area contributed by atoms with E-state index in [1.54, 1.807) is 11.3 Å². The van der Waals surface area contributed by atoms with Gasteiger partial charge in [0.15, 0.2) is 0 Å². The molecule has 0 saturated carbocycles. The first-order chi connectivity index (χ1) is 11.6. The van der Waals surface area contributed by atoms with Gasteiger partial charge in [-0.05, 0) is 57.2 Å². The molecule has 2 aromatic heterocycles. The Hall–Kier alpha value is -1.18. The Morgan fingerprint density at radius 2 is 2.12 bits per heavy atom. The quantitative estimate of drug-likeness (QED) is 0.783. The summed E-state index contributed by atoms with van der Waals surface area (Å²) in [6.45, 7) is 3.41. The van der Waals surface area contributed by atoms with Gasteiger partial charge < -0.3 is 10.2 Å². The third kappa shape index (κ3) is 3.73. The lowest BCUT2D eigenvalue weighted by atomic mass is 10.1. The summed E-state index contributed by atoms with van der Waals surface area (Å²) in [6.07, 6.45) is 2.41. The Bertz CT molecular complexity index is 741. The molecule has 0 saturated heterocycles. The van der Waals surface area contributed by atoms with Gasteiger partial charge in [-0.3, -0.25) is 9.59 Å². The predicted octanol–water partition coefficient (Wildman–Crippen LogP) is 4.06. The van der Waals surface area contributed by atoms with Crippen molar-refractivity contribution in [1.82, 2.24) is 10.2 Å². The maximum absolute atomic E-state index is 12.9. The van der Waals surface area contributed by atoms with Gasteiger partial charge in [0.2, 0.25) is 5.91 Å². The SMILES string of the molecule is CCCC(NC(=O)c1sccc1Br)C(=O)N1CCc2sccc2C1. The summed E-state index contributed by atoms with van der Waals surface area (Å²) in [5.41, 5.74) is 1.24. The molecule has 1 aliphatic heterocycles. The lowest BCUT2D eigenvalue weighted by molar-refractivity contribution is -0.134. The number of hydrogen-bond acceptors (Lipinski definition) is 4. The van der Waals surface area contributed by atoms with E-state index in [0.29, 0.717) is 17.8 Å². The molecule has 1 atom stereocenters. The van der Waals surface area contributed by atoms with E-state index in [4.69, 9.17) is 0 Å². The van der Waals surface area contributed by atoms with Crippen LogP contribution >= 0.6 is 38.6 Å². The van der Waals surface area contributed by atoms with Crippen LogP contribution in [0.2, 0.25) is 0 Å². The summed E-state index contributed by atoms with van der Waals surface area (Å²) in [5.74, 6) is -0.161. The molecular weight excluding hydrogens is 408 g/mol. The van der Waals surface area contributed by atoms with Crippen LogP contribution in [0.15, 0.2) is 27.4 Å². The minimum atomic E-state index is -0.461. The molecular formula is C17H19BrN2O2S2. The molecule has 4 nitrogen and oxygen atoms in total. The molecule has 7 heteroatoms. The number of rotatable bonds is 5.